The number of hydrogen-bond donors (Lipinski definition) is 1. The second kappa shape index (κ2) is 9.22. The monoisotopic (exact) mass is 380 g/mol. The van der Waals surface area contributed by atoms with Gasteiger partial charge >= 0.3 is 0 Å². The average Bonchev–Trinajstić information content (AvgIpc) is 3.38. The van der Waals surface area contributed by atoms with E-state index < -0.39 is 0 Å². The van der Waals surface area contributed by atoms with E-state index in [4.69, 9.17) is 4.99 Å². The second-order valence-corrected chi connectivity index (χ2v) is 7.92. The Hall–Kier alpha value is -2.37. The summed E-state index contributed by atoms with van der Waals surface area (Å²) in [4.78, 5) is 7.45. The molecule has 1 fully saturated rings. The third-order valence-electron chi connectivity index (χ3n) is 6.01. The third kappa shape index (κ3) is 4.37. The number of nitrogens with one attached hydrogen (secondary N) is 1. The minimum atomic E-state index is 0.743. The predicted molar refractivity (Wildman–Crippen MR) is 114 cm³/mol. The fraction of sp³-hybridized carbons (Fsp3) is 0.591. The molecule has 6 heteroatoms. The summed E-state index contributed by atoms with van der Waals surface area (Å²) in [6.07, 6.45) is 10.6. The van der Waals surface area contributed by atoms with Crippen molar-refractivity contribution in [1.29, 1.82) is 0 Å². The van der Waals surface area contributed by atoms with Crippen LogP contribution in [0.15, 0.2) is 35.6 Å². The Labute approximate surface area is 168 Å². The zero-order chi connectivity index (χ0) is 19.2. The van der Waals surface area contributed by atoms with E-state index >= 15 is 0 Å². The highest BCUT2D eigenvalue weighted by Crippen LogP contribution is 2.28. The number of nitrogens with zero attached hydrogens (tertiary/aromatic N) is 5. The molecule has 1 N–H and O–H groups in total. The van der Waals surface area contributed by atoms with Gasteiger partial charge in [-0.25, -0.2) is 0 Å². The molecule has 28 heavy (non-hydrogen) atoms. The minimum absolute atomic E-state index is 0.743. The molecule has 1 saturated carbocycles. The second-order valence-electron chi connectivity index (χ2n) is 7.92. The number of para-hydroxylation sites is 1. The molecule has 0 unspecified atom stereocenters. The lowest BCUT2D eigenvalue weighted by Crippen LogP contribution is -2.42. The van der Waals surface area contributed by atoms with Crippen LogP contribution in [0.2, 0.25) is 0 Å². The molecule has 0 atom stereocenters. The van der Waals surface area contributed by atoms with Crippen LogP contribution < -0.4 is 10.2 Å². The molecule has 1 aromatic heterocycles. The number of rotatable bonds is 6. The van der Waals surface area contributed by atoms with E-state index in [1.165, 1.54) is 43.4 Å². The molecule has 0 amide bonds. The fourth-order valence-corrected chi connectivity index (χ4v) is 4.41. The van der Waals surface area contributed by atoms with Crippen LogP contribution in [0.1, 0.15) is 50.4 Å². The zero-order valence-corrected chi connectivity index (χ0v) is 17.0. The van der Waals surface area contributed by atoms with Crippen LogP contribution in [0.3, 0.4) is 0 Å². The van der Waals surface area contributed by atoms with Gasteiger partial charge in [0.1, 0.15) is 12.2 Å². The van der Waals surface area contributed by atoms with Crippen LogP contribution >= 0.6 is 0 Å². The number of anilines is 1. The van der Waals surface area contributed by atoms with Gasteiger partial charge in [-0.15, -0.1) is 10.2 Å². The molecular formula is C22H32N6. The molecule has 6 nitrogen and oxygen atoms in total. The van der Waals surface area contributed by atoms with Crippen molar-refractivity contribution in [2.24, 2.45) is 10.9 Å². The Morgan fingerprint density at radius 2 is 2.07 bits per heavy atom. The molecule has 2 aromatic rings. The summed E-state index contributed by atoms with van der Waals surface area (Å²) >= 11 is 0. The molecule has 0 spiro atoms. The van der Waals surface area contributed by atoms with Gasteiger partial charge in [0.2, 0.25) is 0 Å². The van der Waals surface area contributed by atoms with Gasteiger partial charge in [0, 0.05) is 38.3 Å². The van der Waals surface area contributed by atoms with Crippen LogP contribution in [-0.4, -0.2) is 40.4 Å². The van der Waals surface area contributed by atoms with Gasteiger partial charge < -0.3 is 14.8 Å². The van der Waals surface area contributed by atoms with Crippen molar-refractivity contribution >= 4 is 11.6 Å². The molecule has 0 bridgehead atoms. The Morgan fingerprint density at radius 3 is 2.93 bits per heavy atom. The molecule has 0 radical (unpaired) electrons. The predicted octanol–water partition coefficient (Wildman–Crippen LogP) is 3.43. The third-order valence-corrected chi connectivity index (χ3v) is 6.01. The van der Waals surface area contributed by atoms with Gasteiger partial charge in [-0.05, 0) is 36.8 Å². The quantitative estimate of drug-likeness (QED) is 0.616. The molecule has 1 aromatic carbocycles. The van der Waals surface area contributed by atoms with Crippen molar-refractivity contribution in [2.45, 2.75) is 58.4 Å². The average molecular weight is 381 g/mol. The fourth-order valence-electron chi connectivity index (χ4n) is 4.41. The smallest absolute Gasteiger partial charge is 0.198 e. The van der Waals surface area contributed by atoms with Crippen molar-refractivity contribution in [2.75, 3.05) is 24.5 Å². The van der Waals surface area contributed by atoms with Gasteiger partial charge in [0.05, 0.1) is 0 Å². The first-order valence-electron chi connectivity index (χ1n) is 10.9. The lowest BCUT2D eigenvalue weighted by Gasteiger charge is -2.25. The molecule has 150 valence electrons. The summed E-state index contributed by atoms with van der Waals surface area (Å²) in [5, 5.41) is 11.9. The first-order valence-corrected chi connectivity index (χ1v) is 10.9. The Kier molecular flexibility index (Phi) is 6.24. The molecule has 4 rings (SSSR count). The van der Waals surface area contributed by atoms with Crippen molar-refractivity contribution in [3.8, 4) is 0 Å². The molecule has 0 saturated heterocycles. The van der Waals surface area contributed by atoms with Crippen LogP contribution in [0.25, 0.3) is 0 Å². The summed E-state index contributed by atoms with van der Waals surface area (Å²) in [5.74, 6) is 2.81. The molecule has 1 aliphatic heterocycles. The number of hydrogen-bond acceptors (Lipinski definition) is 3. The van der Waals surface area contributed by atoms with Crippen LogP contribution in [-0.2, 0) is 19.4 Å². The van der Waals surface area contributed by atoms with Crippen LogP contribution in [0.5, 0.6) is 0 Å². The highest BCUT2D eigenvalue weighted by atomic mass is 15.3. The number of aryl methyl sites for hydroxylation is 1. The molecule has 2 aliphatic rings. The molecule has 2 heterocycles. The topological polar surface area (TPSA) is 58.3 Å². The summed E-state index contributed by atoms with van der Waals surface area (Å²) < 4.78 is 2.13. The van der Waals surface area contributed by atoms with Gasteiger partial charge in [-0.2, -0.15) is 0 Å². The number of guanidine groups is 1. The SMILES string of the molecule is CCc1nncn1CCNC(=NCC1CCCCC1)N1CCc2ccccc21. The van der Waals surface area contributed by atoms with Crippen molar-refractivity contribution in [3.05, 3.63) is 42.0 Å². The van der Waals surface area contributed by atoms with Gasteiger partial charge in [0.15, 0.2) is 5.96 Å². The highest BCUT2D eigenvalue weighted by molar-refractivity contribution is 5.98. The van der Waals surface area contributed by atoms with E-state index in [-0.39, 0.29) is 0 Å². The van der Waals surface area contributed by atoms with Crippen molar-refractivity contribution < 1.29 is 0 Å². The maximum absolute atomic E-state index is 5.08. The number of aliphatic imine (C=N–C) groups is 1. The minimum Gasteiger partial charge on any atom is -0.354 e. The van der Waals surface area contributed by atoms with Gasteiger partial charge in [-0.3, -0.25) is 4.99 Å². The maximum atomic E-state index is 5.08. The first kappa shape index (κ1) is 19.0. The Bertz CT molecular complexity index is 790. The van der Waals surface area contributed by atoms with E-state index in [0.717, 1.165) is 56.7 Å². The largest absolute Gasteiger partial charge is 0.354 e. The maximum Gasteiger partial charge on any atom is 0.198 e. The standard InChI is InChI=1S/C22H32N6/c1-2-21-26-25-17-27(21)15-13-23-22(24-16-18-8-4-3-5-9-18)28-14-12-19-10-6-7-11-20(19)28/h6-7,10-11,17-18H,2-5,8-9,12-16H2,1H3,(H,23,24). The van der Waals surface area contributed by atoms with Crippen molar-refractivity contribution in [1.82, 2.24) is 20.1 Å². The van der Waals surface area contributed by atoms with E-state index in [2.05, 4.69) is 56.2 Å². The number of benzene rings is 1. The summed E-state index contributed by atoms with van der Waals surface area (Å²) in [7, 11) is 0. The Morgan fingerprint density at radius 1 is 1.21 bits per heavy atom. The number of aromatic nitrogens is 3. The molecule has 1 aliphatic carbocycles. The normalized spacial score (nSPS) is 17.8. The van der Waals surface area contributed by atoms with Crippen molar-refractivity contribution in [3.63, 3.8) is 0 Å². The molecular weight excluding hydrogens is 348 g/mol. The van der Waals surface area contributed by atoms with E-state index in [1.54, 1.807) is 0 Å². The van der Waals surface area contributed by atoms with E-state index in [9.17, 15) is 0 Å². The summed E-state index contributed by atoms with van der Waals surface area (Å²) in [5.41, 5.74) is 2.72. The van der Waals surface area contributed by atoms with Gasteiger partial charge in [-0.1, -0.05) is 44.4 Å². The summed E-state index contributed by atoms with van der Waals surface area (Å²) in [6.45, 7) is 5.74. The first-order chi connectivity index (χ1) is 13.8. The number of fused-ring (bicyclic) bond motifs is 1. The zero-order valence-electron chi connectivity index (χ0n) is 17.0. The summed E-state index contributed by atoms with van der Waals surface area (Å²) in [6, 6.07) is 8.71. The van der Waals surface area contributed by atoms with E-state index in [1.807, 2.05) is 6.33 Å². The van der Waals surface area contributed by atoms with Crippen LogP contribution in [0, 0.1) is 5.92 Å². The highest BCUT2D eigenvalue weighted by Gasteiger charge is 2.23. The lowest BCUT2D eigenvalue weighted by molar-refractivity contribution is 0.366. The van der Waals surface area contributed by atoms with E-state index in [0.29, 0.717) is 0 Å². The van der Waals surface area contributed by atoms with Crippen LogP contribution in [0.4, 0.5) is 5.69 Å². The van der Waals surface area contributed by atoms with Gasteiger partial charge in [0.25, 0.3) is 0 Å². The Balaban J connectivity index is 1.45. The lowest BCUT2D eigenvalue weighted by atomic mass is 9.89.